The van der Waals surface area contributed by atoms with Crippen LogP contribution in [0.4, 0.5) is 10.1 Å². The highest BCUT2D eigenvalue weighted by Crippen LogP contribution is 2.31. The number of benzene rings is 1. The number of halogens is 1. The molecule has 0 spiro atoms. The van der Waals surface area contributed by atoms with Gasteiger partial charge >= 0.3 is 0 Å². The van der Waals surface area contributed by atoms with E-state index in [0.29, 0.717) is 15.4 Å². The summed E-state index contributed by atoms with van der Waals surface area (Å²) in [5, 5.41) is 3.17. The lowest BCUT2D eigenvalue weighted by Crippen LogP contribution is -2.28. The first-order valence-corrected chi connectivity index (χ1v) is 10.6. The van der Waals surface area contributed by atoms with Crippen molar-refractivity contribution in [1.82, 2.24) is 9.55 Å². The molecule has 1 aromatic carbocycles. The number of carbonyl (C=O) groups excluding carboxylic acids is 1. The van der Waals surface area contributed by atoms with Crippen LogP contribution in [-0.2, 0) is 4.79 Å². The van der Waals surface area contributed by atoms with Crippen LogP contribution < -0.4 is 10.9 Å². The van der Waals surface area contributed by atoms with Crippen LogP contribution in [0.1, 0.15) is 37.3 Å². The number of para-hydroxylation sites is 1. The smallest absolute Gasteiger partial charge is 0.263 e. The Morgan fingerprint density at radius 2 is 1.93 bits per heavy atom. The number of rotatable bonds is 5. The third-order valence-corrected chi connectivity index (χ3v) is 6.67. The molecule has 5 nitrogen and oxygen atoms in total. The minimum atomic E-state index is -0.559. The molecule has 1 atom stereocenters. The Balaban J connectivity index is 1.94. The van der Waals surface area contributed by atoms with Crippen LogP contribution in [0.15, 0.2) is 34.2 Å². The second-order valence-corrected chi connectivity index (χ2v) is 9.37. The maximum absolute atomic E-state index is 13.8. The summed E-state index contributed by atoms with van der Waals surface area (Å²) in [6.07, 6.45) is 0. The number of carbonyl (C=O) groups is 1. The summed E-state index contributed by atoms with van der Waals surface area (Å²) in [5.41, 5.74) is 0.994. The molecule has 0 saturated heterocycles. The summed E-state index contributed by atoms with van der Waals surface area (Å²) >= 11 is 2.68. The zero-order chi connectivity index (χ0) is 20.6. The molecule has 0 radical (unpaired) electrons. The van der Waals surface area contributed by atoms with E-state index in [-0.39, 0.29) is 23.2 Å². The molecule has 0 bridgehead atoms. The number of nitrogens with zero attached hydrogens (tertiary/aromatic N) is 2. The van der Waals surface area contributed by atoms with Crippen molar-refractivity contribution in [3.05, 3.63) is 50.9 Å². The number of nitrogens with one attached hydrogen (secondary N) is 1. The lowest BCUT2D eigenvalue weighted by Gasteiger charge is -2.18. The standard InChI is InChI=1S/C20H22FN3O2S2/c1-10(2)24-19(26)16-11(3)12(4)27-18(16)23-20(24)28-13(5)17(25)22-15-9-7-6-8-14(15)21/h6-10,13H,1-5H3,(H,22,25)/t13-/m1/s1. The number of thioether (sulfide) groups is 1. The third kappa shape index (κ3) is 3.84. The highest BCUT2D eigenvalue weighted by molar-refractivity contribution is 8.00. The highest BCUT2D eigenvalue weighted by Gasteiger charge is 2.23. The van der Waals surface area contributed by atoms with Crippen LogP contribution in [0.2, 0.25) is 0 Å². The van der Waals surface area contributed by atoms with E-state index in [4.69, 9.17) is 0 Å². The molecule has 2 heterocycles. The second-order valence-electron chi connectivity index (χ2n) is 6.86. The van der Waals surface area contributed by atoms with Gasteiger partial charge in [-0.05, 0) is 52.3 Å². The van der Waals surface area contributed by atoms with E-state index >= 15 is 0 Å². The summed E-state index contributed by atoms with van der Waals surface area (Å²) in [6, 6.07) is 5.92. The largest absolute Gasteiger partial charge is 0.323 e. The third-order valence-electron chi connectivity index (χ3n) is 4.50. The maximum atomic E-state index is 13.8. The van der Waals surface area contributed by atoms with Crippen LogP contribution in [0.25, 0.3) is 10.2 Å². The molecule has 0 aliphatic heterocycles. The van der Waals surface area contributed by atoms with Crippen molar-refractivity contribution < 1.29 is 9.18 Å². The molecule has 148 valence electrons. The predicted molar refractivity (Wildman–Crippen MR) is 114 cm³/mol. The van der Waals surface area contributed by atoms with E-state index in [1.54, 1.807) is 23.6 Å². The second kappa shape index (κ2) is 8.05. The highest BCUT2D eigenvalue weighted by atomic mass is 32.2. The number of aromatic nitrogens is 2. The van der Waals surface area contributed by atoms with Crippen molar-refractivity contribution in [2.75, 3.05) is 5.32 Å². The van der Waals surface area contributed by atoms with E-state index < -0.39 is 11.1 Å². The summed E-state index contributed by atoms with van der Waals surface area (Å²) in [4.78, 5) is 32.0. The average molecular weight is 420 g/mol. The van der Waals surface area contributed by atoms with Crippen LogP contribution in [0.5, 0.6) is 0 Å². The molecule has 0 aliphatic rings. The molecule has 3 aromatic rings. The lowest BCUT2D eigenvalue weighted by atomic mass is 10.2. The summed E-state index contributed by atoms with van der Waals surface area (Å²) in [6.45, 7) is 9.44. The quantitative estimate of drug-likeness (QED) is 0.471. The fourth-order valence-corrected chi connectivity index (χ4v) is 4.95. The fourth-order valence-electron chi connectivity index (χ4n) is 2.83. The Hall–Kier alpha value is -2.19. The van der Waals surface area contributed by atoms with Gasteiger partial charge in [0, 0.05) is 10.9 Å². The van der Waals surface area contributed by atoms with Gasteiger partial charge in [-0.2, -0.15) is 0 Å². The molecular formula is C20H22FN3O2S2. The van der Waals surface area contributed by atoms with Gasteiger partial charge in [-0.25, -0.2) is 9.37 Å². The number of aryl methyl sites for hydroxylation is 2. The van der Waals surface area contributed by atoms with Crippen molar-refractivity contribution in [3.8, 4) is 0 Å². The van der Waals surface area contributed by atoms with Gasteiger partial charge in [-0.3, -0.25) is 14.2 Å². The Labute approximate surface area is 171 Å². The minimum Gasteiger partial charge on any atom is -0.323 e. The van der Waals surface area contributed by atoms with Crippen molar-refractivity contribution in [2.45, 2.75) is 51.1 Å². The SMILES string of the molecule is Cc1sc2nc(S[C@H](C)C(=O)Nc3ccccc3F)n(C(C)C)c(=O)c2c1C. The van der Waals surface area contributed by atoms with Crippen molar-refractivity contribution in [2.24, 2.45) is 0 Å². The molecule has 3 rings (SSSR count). The first-order chi connectivity index (χ1) is 13.2. The topological polar surface area (TPSA) is 64.0 Å². The summed E-state index contributed by atoms with van der Waals surface area (Å²) in [7, 11) is 0. The van der Waals surface area contributed by atoms with Gasteiger partial charge in [-0.15, -0.1) is 11.3 Å². The molecule has 28 heavy (non-hydrogen) atoms. The van der Waals surface area contributed by atoms with Crippen LogP contribution >= 0.6 is 23.1 Å². The Morgan fingerprint density at radius 1 is 1.25 bits per heavy atom. The van der Waals surface area contributed by atoms with Gasteiger partial charge in [0.25, 0.3) is 5.56 Å². The molecule has 1 amide bonds. The zero-order valence-electron chi connectivity index (χ0n) is 16.4. The summed E-state index contributed by atoms with van der Waals surface area (Å²) in [5.74, 6) is -0.838. The molecule has 0 saturated carbocycles. The lowest BCUT2D eigenvalue weighted by molar-refractivity contribution is -0.115. The zero-order valence-corrected chi connectivity index (χ0v) is 18.0. The number of fused-ring (bicyclic) bond motifs is 1. The van der Waals surface area contributed by atoms with Gasteiger partial charge < -0.3 is 5.32 Å². The number of anilines is 1. The number of hydrogen-bond donors (Lipinski definition) is 1. The normalized spacial score (nSPS) is 12.5. The maximum Gasteiger partial charge on any atom is 0.263 e. The number of hydrogen-bond acceptors (Lipinski definition) is 5. The molecule has 8 heteroatoms. The van der Waals surface area contributed by atoms with Crippen LogP contribution in [-0.4, -0.2) is 20.7 Å². The molecule has 0 fully saturated rings. The molecule has 2 aromatic heterocycles. The molecule has 0 unspecified atom stereocenters. The minimum absolute atomic E-state index is 0.0916. The van der Waals surface area contributed by atoms with Gasteiger partial charge in [0.05, 0.1) is 16.3 Å². The molecule has 0 aliphatic carbocycles. The molecule has 1 N–H and O–H groups in total. The first kappa shape index (κ1) is 20.5. The van der Waals surface area contributed by atoms with Gasteiger partial charge in [0.15, 0.2) is 5.16 Å². The van der Waals surface area contributed by atoms with Crippen LogP contribution in [0, 0.1) is 19.7 Å². The van der Waals surface area contributed by atoms with Crippen molar-refractivity contribution >= 4 is 44.9 Å². The van der Waals surface area contributed by atoms with E-state index in [0.717, 1.165) is 10.4 Å². The first-order valence-electron chi connectivity index (χ1n) is 8.95. The van der Waals surface area contributed by atoms with E-state index in [1.165, 1.54) is 35.2 Å². The fraction of sp³-hybridized carbons (Fsp3) is 0.350. The number of amides is 1. The Morgan fingerprint density at radius 3 is 2.57 bits per heavy atom. The Kier molecular flexibility index (Phi) is 5.90. The van der Waals surface area contributed by atoms with Crippen molar-refractivity contribution in [3.63, 3.8) is 0 Å². The average Bonchev–Trinajstić information content (AvgIpc) is 2.90. The molecular weight excluding hydrogens is 397 g/mol. The van der Waals surface area contributed by atoms with Crippen molar-refractivity contribution in [1.29, 1.82) is 0 Å². The predicted octanol–water partition coefficient (Wildman–Crippen LogP) is 4.91. The number of thiophene rings is 1. The van der Waals surface area contributed by atoms with E-state index in [9.17, 15) is 14.0 Å². The monoisotopic (exact) mass is 419 g/mol. The van der Waals surface area contributed by atoms with Gasteiger partial charge in [-0.1, -0.05) is 23.9 Å². The van der Waals surface area contributed by atoms with Crippen LogP contribution in [0.3, 0.4) is 0 Å². The van der Waals surface area contributed by atoms with E-state index in [2.05, 4.69) is 10.3 Å². The van der Waals surface area contributed by atoms with Gasteiger partial charge in [0.1, 0.15) is 10.6 Å². The van der Waals surface area contributed by atoms with E-state index in [1.807, 2.05) is 27.7 Å². The van der Waals surface area contributed by atoms with Gasteiger partial charge in [0.2, 0.25) is 5.91 Å². The Bertz CT molecular complexity index is 1100. The summed E-state index contributed by atoms with van der Waals surface area (Å²) < 4.78 is 15.4.